The molecule has 0 aromatic carbocycles. The first-order valence-corrected chi connectivity index (χ1v) is 6.51. The Morgan fingerprint density at radius 3 is 2.94 bits per heavy atom. The molecular weight excluding hydrogens is 230 g/mol. The van der Waals surface area contributed by atoms with Crippen LogP contribution >= 0.6 is 0 Å². The normalized spacial score (nSPS) is 19.2. The van der Waals surface area contributed by atoms with Crippen molar-refractivity contribution in [1.82, 2.24) is 10.2 Å². The minimum absolute atomic E-state index is 0.224. The molecule has 0 radical (unpaired) electrons. The molecule has 0 bridgehead atoms. The molecule has 5 nitrogen and oxygen atoms in total. The lowest BCUT2D eigenvalue weighted by Gasteiger charge is -2.24. The molecule has 1 aliphatic rings. The van der Waals surface area contributed by atoms with Gasteiger partial charge in [0.05, 0.1) is 5.69 Å². The second-order valence-corrected chi connectivity index (χ2v) is 4.66. The highest BCUT2D eigenvalue weighted by Gasteiger charge is 2.26. The van der Waals surface area contributed by atoms with E-state index in [1.165, 1.54) is 0 Å². The average molecular weight is 249 g/mol. The van der Waals surface area contributed by atoms with Crippen molar-refractivity contribution in [2.24, 2.45) is 0 Å². The van der Waals surface area contributed by atoms with E-state index in [0.717, 1.165) is 37.3 Å². The summed E-state index contributed by atoms with van der Waals surface area (Å²) in [5, 5.41) is 17.2. The molecule has 98 valence electrons. The van der Waals surface area contributed by atoms with E-state index in [2.05, 4.69) is 22.0 Å². The van der Waals surface area contributed by atoms with Gasteiger partial charge in [-0.1, -0.05) is 6.92 Å². The predicted octanol–water partition coefficient (Wildman–Crippen LogP) is 1.87. The number of carboxylic acids is 1. The monoisotopic (exact) mass is 249 g/mol. The second-order valence-electron chi connectivity index (χ2n) is 4.66. The van der Waals surface area contributed by atoms with Crippen LogP contribution in [0.25, 0.3) is 0 Å². The Morgan fingerprint density at radius 2 is 2.33 bits per heavy atom. The molecule has 1 atom stereocenters. The summed E-state index contributed by atoms with van der Waals surface area (Å²) in [6, 6.07) is 4.28. The van der Waals surface area contributed by atoms with Gasteiger partial charge >= 0.3 is 5.97 Å². The van der Waals surface area contributed by atoms with Gasteiger partial charge in [-0.3, -0.25) is 4.79 Å². The van der Waals surface area contributed by atoms with Crippen LogP contribution in [0.5, 0.6) is 0 Å². The van der Waals surface area contributed by atoms with Crippen molar-refractivity contribution in [1.29, 1.82) is 0 Å². The van der Waals surface area contributed by atoms with Gasteiger partial charge in [-0.15, -0.1) is 5.10 Å². The van der Waals surface area contributed by atoms with Crippen LogP contribution < -0.4 is 4.90 Å². The predicted molar refractivity (Wildman–Crippen MR) is 68.6 cm³/mol. The maximum absolute atomic E-state index is 10.6. The highest BCUT2D eigenvalue weighted by atomic mass is 16.4. The van der Waals surface area contributed by atoms with Crippen LogP contribution in [-0.2, 0) is 11.2 Å². The van der Waals surface area contributed by atoms with Crippen molar-refractivity contribution in [3.63, 3.8) is 0 Å². The molecule has 0 spiro atoms. The minimum Gasteiger partial charge on any atom is -0.481 e. The van der Waals surface area contributed by atoms with E-state index in [0.29, 0.717) is 12.5 Å². The number of carbonyl (C=O) groups is 1. The first-order valence-electron chi connectivity index (χ1n) is 6.51. The Bertz CT molecular complexity index is 405. The number of rotatable bonds is 5. The lowest BCUT2D eigenvalue weighted by molar-refractivity contribution is -0.137. The van der Waals surface area contributed by atoms with E-state index >= 15 is 0 Å². The molecule has 1 N–H and O–H groups in total. The van der Waals surface area contributed by atoms with Crippen molar-refractivity contribution < 1.29 is 9.90 Å². The van der Waals surface area contributed by atoms with Crippen molar-refractivity contribution in [2.75, 3.05) is 11.4 Å². The van der Waals surface area contributed by atoms with Crippen LogP contribution in [0.3, 0.4) is 0 Å². The minimum atomic E-state index is -0.728. The van der Waals surface area contributed by atoms with Gasteiger partial charge in [0.25, 0.3) is 0 Å². The number of nitrogens with zero attached hydrogens (tertiary/aromatic N) is 3. The number of aryl methyl sites for hydroxylation is 1. The van der Waals surface area contributed by atoms with Crippen molar-refractivity contribution in [2.45, 2.75) is 45.1 Å². The fraction of sp³-hybridized carbons (Fsp3) is 0.615. The van der Waals surface area contributed by atoms with E-state index in [-0.39, 0.29) is 6.42 Å². The molecule has 1 aromatic heterocycles. The zero-order chi connectivity index (χ0) is 13.0. The van der Waals surface area contributed by atoms with Crippen LogP contribution in [-0.4, -0.2) is 33.9 Å². The van der Waals surface area contributed by atoms with Gasteiger partial charge in [-0.2, -0.15) is 5.10 Å². The molecule has 2 rings (SSSR count). The first-order chi connectivity index (χ1) is 8.70. The van der Waals surface area contributed by atoms with Gasteiger partial charge in [0.2, 0.25) is 0 Å². The molecule has 1 saturated heterocycles. The fourth-order valence-electron chi connectivity index (χ4n) is 2.42. The SMILES string of the molecule is CCc1ccc(N2CCCC2CCC(=O)O)nn1. The number of anilines is 1. The Labute approximate surface area is 107 Å². The summed E-state index contributed by atoms with van der Waals surface area (Å²) in [4.78, 5) is 12.8. The van der Waals surface area contributed by atoms with Gasteiger partial charge in [0.1, 0.15) is 0 Å². The molecule has 2 heterocycles. The quantitative estimate of drug-likeness (QED) is 0.863. The van der Waals surface area contributed by atoms with Crippen molar-refractivity contribution >= 4 is 11.8 Å². The Balaban J connectivity index is 2.03. The third-order valence-electron chi connectivity index (χ3n) is 3.43. The van der Waals surface area contributed by atoms with Gasteiger partial charge in [0, 0.05) is 19.0 Å². The van der Waals surface area contributed by atoms with Gasteiger partial charge in [0.15, 0.2) is 5.82 Å². The zero-order valence-corrected chi connectivity index (χ0v) is 10.7. The third-order valence-corrected chi connectivity index (χ3v) is 3.43. The van der Waals surface area contributed by atoms with Crippen LogP contribution in [0.4, 0.5) is 5.82 Å². The number of carboxylic acid groups (broad SMARTS) is 1. The topological polar surface area (TPSA) is 66.3 Å². The van der Waals surface area contributed by atoms with Crippen LogP contribution in [0.15, 0.2) is 12.1 Å². The maximum atomic E-state index is 10.6. The van der Waals surface area contributed by atoms with Crippen LogP contribution in [0.2, 0.25) is 0 Å². The van der Waals surface area contributed by atoms with E-state index in [1.807, 2.05) is 12.1 Å². The van der Waals surface area contributed by atoms with E-state index in [4.69, 9.17) is 5.11 Å². The van der Waals surface area contributed by atoms with E-state index < -0.39 is 5.97 Å². The number of aliphatic carboxylic acids is 1. The van der Waals surface area contributed by atoms with Crippen LogP contribution in [0, 0.1) is 0 Å². The van der Waals surface area contributed by atoms with Gasteiger partial charge in [-0.25, -0.2) is 0 Å². The summed E-state index contributed by atoms with van der Waals surface area (Å²) in [6.45, 7) is 3.00. The van der Waals surface area contributed by atoms with Crippen LogP contribution in [0.1, 0.15) is 38.3 Å². The molecule has 1 aliphatic heterocycles. The molecule has 1 fully saturated rings. The van der Waals surface area contributed by atoms with Gasteiger partial charge in [-0.05, 0) is 37.8 Å². The molecular formula is C13H19N3O2. The standard InChI is InChI=1S/C13H19N3O2/c1-2-10-5-7-12(15-14-10)16-9-3-4-11(16)6-8-13(17)18/h5,7,11H,2-4,6,8-9H2,1H3,(H,17,18). The number of hydrogen-bond acceptors (Lipinski definition) is 4. The summed E-state index contributed by atoms with van der Waals surface area (Å²) in [5.41, 5.74) is 0.986. The fourth-order valence-corrected chi connectivity index (χ4v) is 2.42. The Kier molecular flexibility index (Phi) is 4.12. The molecule has 0 saturated carbocycles. The molecule has 1 unspecified atom stereocenters. The second kappa shape index (κ2) is 5.80. The van der Waals surface area contributed by atoms with Crippen molar-refractivity contribution in [3.8, 4) is 0 Å². The summed E-state index contributed by atoms with van der Waals surface area (Å²) >= 11 is 0. The van der Waals surface area contributed by atoms with Crippen molar-refractivity contribution in [3.05, 3.63) is 17.8 Å². The number of hydrogen-bond donors (Lipinski definition) is 1. The van der Waals surface area contributed by atoms with E-state index in [1.54, 1.807) is 0 Å². The molecule has 0 amide bonds. The third kappa shape index (κ3) is 2.97. The lowest BCUT2D eigenvalue weighted by atomic mass is 10.1. The Hall–Kier alpha value is -1.65. The molecule has 5 heteroatoms. The zero-order valence-electron chi connectivity index (χ0n) is 10.7. The number of aromatic nitrogens is 2. The largest absolute Gasteiger partial charge is 0.481 e. The summed E-state index contributed by atoms with van der Waals surface area (Å²) in [6.07, 6.45) is 3.94. The van der Waals surface area contributed by atoms with E-state index in [9.17, 15) is 4.79 Å². The van der Waals surface area contributed by atoms with Gasteiger partial charge < -0.3 is 10.0 Å². The smallest absolute Gasteiger partial charge is 0.303 e. The highest BCUT2D eigenvalue weighted by molar-refractivity contribution is 5.66. The molecule has 0 aliphatic carbocycles. The molecule has 1 aromatic rings. The lowest BCUT2D eigenvalue weighted by Crippen LogP contribution is -2.30. The highest BCUT2D eigenvalue weighted by Crippen LogP contribution is 2.26. The first kappa shape index (κ1) is 12.8. The maximum Gasteiger partial charge on any atom is 0.303 e. The Morgan fingerprint density at radius 1 is 1.50 bits per heavy atom. The summed E-state index contributed by atoms with van der Waals surface area (Å²) in [7, 11) is 0. The summed E-state index contributed by atoms with van der Waals surface area (Å²) in [5.74, 6) is 0.148. The molecule has 18 heavy (non-hydrogen) atoms. The summed E-state index contributed by atoms with van der Waals surface area (Å²) < 4.78 is 0. The average Bonchev–Trinajstić information content (AvgIpc) is 2.85.